The first-order valence-electron chi connectivity index (χ1n) is 15.1. The minimum atomic E-state index is -4.61. The number of aromatic nitrogens is 1. The fourth-order valence-electron chi connectivity index (χ4n) is 4.79. The molecule has 1 heterocycles. The number of nitrogens with one attached hydrogen (secondary N) is 1. The molecular formula is C37H43F5N2O2. The normalized spacial score (nSPS) is 11.5. The minimum absolute atomic E-state index is 0.0585. The molecule has 0 saturated carbocycles. The molecule has 0 aliphatic heterocycles. The van der Waals surface area contributed by atoms with E-state index in [0.29, 0.717) is 12.2 Å². The van der Waals surface area contributed by atoms with Gasteiger partial charge in [-0.15, -0.1) is 0 Å². The summed E-state index contributed by atoms with van der Waals surface area (Å²) in [6.07, 6.45) is -1.57. The van der Waals surface area contributed by atoms with Gasteiger partial charge in [0.15, 0.2) is 0 Å². The Bertz CT molecular complexity index is 1670. The molecule has 0 aliphatic carbocycles. The van der Waals surface area contributed by atoms with Gasteiger partial charge in [-0.3, -0.25) is 4.79 Å². The SMILES string of the molecule is C=C(CNC(=C)c1c(F)cccc1F)OC.CCC(c1cccc(C)c1)c1c(C(F)(F)F)c2ccccc2n(C)c1=O.CCCC. The summed E-state index contributed by atoms with van der Waals surface area (Å²) < 4.78 is 74.9. The first-order chi connectivity index (χ1) is 21.7. The van der Waals surface area contributed by atoms with Crippen LogP contribution in [0.5, 0.6) is 0 Å². The van der Waals surface area contributed by atoms with E-state index in [1.54, 1.807) is 24.3 Å². The number of pyridine rings is 1. The molecule has 0 aliphatic rings. The van der Waals surface area contributed by atoms with Crippen molar-refractivity contribution in [2.24, 2.45) is 7.05 Å². The highest BCUT2D eigenvalue weighted by Gasteiger charge is 2.39. The molecule has 0 saturated heterocycles. The number of halogens is 5. The smallest absolute Gasteiger partial charge is 0.417 e. The number of hydrogen-bond donors (Lipinski definition) is 1. The maximum Gasteiger partial charge on any atom is 0.417 e. The second kappa shape index (κ2) is 17.3. The van der Waals surface area contributed by atoms with Crippen LogP contribution in [0.1, 0.15) is 73.8 Å². The van der Waals surface area contributed by atoms with Crippen molar-refractivity contribution in [1.82, 2.24) is 9.88 Å². The number of methoxy groups -OCH3 is 1. The number of para-hydroxylation sites is 1. The Kier molecular flexibility index (Phi) is 14.2. The fraction of sp³-hybridized carbons (Fsp3) is 0.324. The first-order valence-corrected chi connectivity index (χ1v) is 15.1. The maximum atomic E-state index is 14.0. The van der Waals surface area contributed by atoms with Crippen molar-refractivity contribution in [3.63, 3.8) is 0 Å². The van der Waals surface area contributed by atoms with Crippen LogP contribution in [0.25, 0.3) is 16.6 Å². The summed E-state index contributed by atoms with van der Waals surface area (Å²) in [5.74, 6) is -1.46. The van der Waals surface area contributed by atoms with Gasteiger partial charge in [0.25, 0.3) is 5.56 Å². The summed E-state index contributed by atoms with van der Waals surface area (Å²) in [7, 11) is 2.99. The lowest BCUT2D eigenvalue weighted by atomic mass is 9.85. The zero-order valence-corrected chi connectivity index (χ0v) is 27.3. The van der Waals surface area contributed by atoms with E-state index >= 15 is 0 Å². The van der Waals surface area contributed by atoms with Crippen LogP contribution < -0.4 is 10.9 Å². The lowest BCUT2D eigenvalue weighted by Gasteiger charge is -2.23. The van der Waals surface area contributed by atoms with E-state index in [9.17, 15) is 26.7 Å². The second-order valence-electron chi connectivity index (χ2n) is 10.7. The molecular weight excluding hydrogens is 599 g/mol. The third-order valence-corrected chi connectivity index (χ3v) is 7.38. The number of alkyl halides is 3. The highest BCUT2D eigenvalue weighted by atomic mass is 19.4. The minimum Gasteiger partial charge on any atom is -0.500 e. The first kappa shape index (κ1) is 37.8. The van der Waals surface area contributed by atoms with E-state index in [-0.39, 0.29) is 34.3 Å². The highest BCUT2D eigenvalue weighted by Crippen LogP contribution is 2.41. The molecule has 1 N–H and O–H groups in total. The van der Waals surface area contributed by atoms with E-state index in [2.05, 4.69) is 32.3 Å². The Hall–Kier alpha value is -4.40. The van der Waals surface area contributed by atoms with E-state index in [4.69, 9.17) is 4.74 Å². The molecule has 0 radical (unpaired) electrons. The zero-order chi connectivity index (χ0) is 34.6. The van der Waals surface area contributed by atoms with Gasteiger partial charge in [0.2, 0.25) is 0 Å². The standard InChI is InChI=1S/C21H20F3NO.C12H13F2NO.C4H10/c1-4-15(14-9-7-8-13(2)12-14)18-19(21(22,23)24)16-10-5-6-11-17(16)25(3)20(18)26;1-8(16-3)7-15-9(2)12-10(13)5-4-6-11(12)14;1-3-4-2/h5-12,15H,4H2,1-3H3;4-6,15H,1-2,7H2,3H3;3-4H2,1-2H3. The van der Waals surface area contributed by atoms with Gasteiger partial charge in [0, 0.05) is 29.6 Å². The molecule has 1 aromatic heterocycles. The van der Waals surface area contributed by atoms with Gasteiger partial charge in [0.1, 0.15) is 17.4 Å². The number of benzene rings is 3. The lowest BCUT2D eigenvalue weighted by molar-refractivity contribution is -0.137. The third kappa shape index (κ3) is 9.55. The molecule has 0 spiro atoms. The largest absolute Gasteiger partial charge is 0.500 e. The predicted molar refractivity (Wildman–Crippen MR) is 178 cm³/mol. The molecule has 3 aromatic carbocycles. The van der Waals surface area contributed by atoms with Crippen LogP contribution in [0, 0.1) is 18.6 Å². The summed E-state index contributed by atoms with van der Waals surface area (Å²) in [4.78, 5) is 13.0. The lowest BCUT2D eigenvalue weighted by Crippen LogP contribution is -2.29. The number of nitrogens with zero attached hydrogens (tertiary/aromatic N) is 1. The molecule has 4 aromatic rings. The summed E-state index contributed by atoms with van der Waals surface area (Å²) in [6, 6.07) is 17.2. The summed E-state index contributed by atoms with van der Waals surface area (Å²) in [5, 5.41) is 2.79. The summed E-state index contributed by atoms with van der Waals surface area (Å²) >= 11 is 0. The molecule has 1 unspecified atom stereocenters. The number of fused-ring (bicyclic) bond motifs is 1. The van der Waals surface area contributed by atoms with Crippen LogP contribution in [-0.4, -0.2) is 18.2 Å². The number of hydrogen-bond acceptors (Lipinski definition) is 3. The van der Waals surface area contributed by atoms with Gasteiger partial charge in [0.05, 0.1) is 30.3 Å². The molecule has 4 rings (SSSR count). The second-order valence-corrected chi connectivity index (χ2v) is 10.7. The van der Waals surface area contributed by atoms with Crippen molar-refractivity contribution in [2.45, 2.75) is 59.1 Å². The van der Waals surface area contributed by atoms with Gasteiger partial charge >= 0.3 is 6.18 Å². The van der Waals surface area contributed by atoms with Crippen molar-refractivity contribution in [1.29, 1.82) is 0 Å². The van der Waals surface area contributed by atoms with Crippen LogP contribution in [0.2, 0.25) is 0 Å². The Balaban J connectivity index is 0.000000314. The monoisotopic (exact) mass is 642 g/mol. The number of ether oxygens (including phenoxy) is 1. The van der Waals surface area contributed by atoms with Crippen LogP contribution >= 0.6 is 0 Å². The van der Waals surface area contributed by atoms with Gasteiger partial charge in [-0.25, -0.2) is 8.78 Å². The highest BCUT2D eigenvalue weighted by molar-refractivity contribution is 5.84. The number of rotatable bonds is 9. The Morgan fingerprint density at radius 3 is 2.04 bits per heavy atom. The van der Waals surface area contributed by atoms with Crippen molar-refractivity contribution >= 4 is 16.6 Å². The molecule has 9 heteroatoms. The van der Waals surface area contributed by atoms with E-state index in [1.165, 1.54) is 55.8 Å². The fourth-order valence-corrected chi connectivity index (χ4v) is 4.79. The molecule has 0 bridgehead atoms. The van der Waals surface area contributed by atoms with Gasteiger partial charge in [-0.05, 0) is 37.1 Å². The molecule has 248 valence electrons. The molecule has 0 fully saturated rings. The van der Waals surface area contributed by atoms with E-state index < -0.39 is 34.9 Å². The van der Waals surface area contributed by atoms with Crippen LogP contribution in [0.3, 0.4) is 0 Å². The quantitative estimate of drug-likeness (QED) is 0.146. The zero-order valence-electron chi connectivity index (χ0n) is 27.3. The number of aryl methyl sites for hydroxylation is 2. The van der Waals surface area contributed by atoms with Crippen molar-refractivity contribution < 1.29 is 26.7 Å². The van der Waals surface area contributed by atoms with Crippen molar-refractivity contribution in [3.05, 3.63) is 135 Å². The van der Waals surface area contributed by atoms with Gasteiger partial charge < -0.3 is 14.6 Å². The maximum absolute atomic E-state index is 14.0. The van der Waals surface area contributed by atoms with Gasteiger partial charge in [-0.1, -0.05) is 101 Å². The molecule has 0 amide bonds. The topological polar surface area (TPSA) is 43.3 Å². The van der Waals surface area contributed by atoms with Crippen molar-refractivity contribution in [2.75, 3.05) is 13.7 Å². The predicted octanol–water partition coefficient (Wildman–Crippen LogP) is 9.90. The average molecular weight is 643 g/mol. The molecule has 46 heavy (non-hydrogen) atoms. The van der Waals surface area contributed by atoms with Crippen LogP contribution in [0.15, 0.2) is 90.4 Å². The summed E-state index contributed by atoms with van der Waals surface area (Å²) in [5.41, 5.74) is 0.381. The molecule has 1 atom stereocenters. The van der Waals surface area contributed by atoms with Crippen LogP contribution in [0.4, 0.5) is 22.0 Å². The average Bonchev–Trinajstić information content (AvgIpc) is 3.02. The Labute approximate surface area is 268 Å². The summed E-state index contributed by atoms with van der Waals surface area (Å²) in [6.45, 7) is 15.4. The van der Waals surface area contributed by atoms with Gasteiger partial charge in [-0.2, -0.15) is 13.2 Å². The number of unbranched alkanes of at least 4 members (excludes halogenated alkanes) is 1. The van der Waals surface area contributed by atoms with Crippen molar-refractivity contribution in [3.8, 4) is 0 Å². The third-order valence-electron chi connectivity index (χ3n) is 7.38. The Morgan fingerprint density at radius 1 is 0.935 bits per heavy atom. The van der Waals surface area contributed by atoms with E-state index in [1.807, 2.05) is 32.0 Å². The Morgan fingerprint density at radius 2 is 1.52 bits per heavy atom. The van der Waals surface area contributed by atoms with E-state index in [0.717, 1.165) is 11.1 Å². The molecule has 4 nitrogen and oxygen atoms in total. The van der Waals surface area contributed by atoms with Crippen LogP contribution in [-0.2, 0) is 18.0 Å².